The molecule has 4 heteroatoms. The lowest BCUT2D eigenvalue weighted by Crippen LogP contribution is -2.33. The minimum absolute atomic E-state index is 0.0235. The molecule has 0 atom stereocenters. The van der Waals surface area contributed by atoms with E-state index in [9.17, 15) is 4.79 Å². The van der Waals surface area contributed by atoms with Gasteiger partial charge in [0.1, 0.15) is 0 Å². The van der Waals surface area contributed by atoms with Crippen LogP contribution in [0, 0.1) is 13.8 Å². The van der Waals surface area contributed by atoms with Crippen molar-refractivity contribution in [3.05, 3.63) is 53.6 Å². The first-order valence-electron chi connectivity index (χ1n) is 8.08. The molecule has 0 fully saturated rings. The van der Waals surface area contributed by atoms with E-state index in [-0.39, 0.29) is 5.91 Å². The highest BCUT2D eigenvalue weighted by Crippen LogP contribution is 2.27. The van der Waals surface area contributed by atoms with Gasteiger partial charge in [0.2, 0.25) is 5.91 Å². The minimum atomic E-state index is 0.0235. The van der Waals surface area contributed by atoms with Gasteiger partial charge in [0.05, 0.1) is 17.9 Å². The van der Waals surface area contributed by atoms with Crippen LogP contribution in [0.1, 0.15) is 17.5 Å². The largest absolute Gasteiger partial charge is 0.383 e. The zero-order chi connectivity index (χ0) is 16.2. The normalized spacial score (nSPS) is 13.7. The van der Waals surface area contributed by atoms with Crippen LogP contribution < -0.4 is 15.5 Å². The maximum absolute atomic E-state index is 12.5. The number of hydrogen-bond acceptors (Lipinski definition) is 3. The average molecular weight is 309 g/mol. The van der Waals surface area contributed by atoms with Crippen molar-refractivity contribution in [2.75, 3.05) is 35.2 Å². The zero-order valence-electron chi connectivity index (χ0n) is 13.7. The van der Waals surface area contributed by atoms with Crippen LogP contribution in [0.4, 0.5) is 17.1 Å². The van der Waals surface area contributed by atoms with Crippen molar-refractivity contribution in [2.45, 2.75) is 20.3 Å². The zero-order valence-corrected chi connectivity index (χ0v) is 13.7. The Morgan fingerprint density at radius 3 is 2.91 bits per heavy atom. The van der Waals surface area contributed by atoms with Gasteiger partial charge in [-0.3, -0.25) is 4.79 Å². The van der Waals surface area contributed by atoms with Crippen molar-refractivity contribution in [1.29, 1.82) is 0 Å². The number of carbonyl (C=O) groups excluding carboxylic acids is 1. The van der Waals surface area contributed by atoms with Gasteiger partial charge in [0.15, 0.2) is 0 Å². The van der Waals surface area contributed by atoms with Crippen LogP contribution in [-0.4, -0.2) is 25.5 Å². The molecular formula is C19H23N3O. The molecule has 0 unspecified atom stereocenters. The van der Waals surface area contributed by atoms with E-state index >= 15 is 0 Å². The lowest BCUT2D eigenvalue weighted by Gasteiger charge is -2.24. The van der Waals surface area contributed by atoms with E-state index in [1.165, 1.54) is 0 Å². The van der Waals surface area contributed by atoms with Crippen molar-refractivity contribution in [3.8, 4) is 0 Å². The lowest BCUT2D eigenvalue weighted by molar-refractivity contribution is -0.115. The molecule has 0 saturated heterocycles. The molecular weight excluding hydrogens is 286 g/mol. The van der Waals surface area contributed by atoms with Gasteiger partial charge in [-0.2, -0.15) is 0 Å². The Kier molecular flexibility index (Phi) is 4.51. The summed E-state index contributed by atoms with van der Waals surface area (Å²) in [6, 6.07) is 14.3. The fourth-order valence-electron chi connectivity index (χ4n) is 2.91. The summed E-state index contributed by atoms with van der Waals surface area (Å²) in [4.78, 5) is 14.6. The van der Waals surface area contributed by atoms with Gasteiger partial charge in [-0.25, -0.2) is 0 Å². The number of para-hydroxylation sites is 2. The molecule has 0 aromatic heterocycles. The molecule has 2 N–H and O–H groups in total. The van der Waals surface area contributed by atoms with Crippen LogP contribution in [0.5, 0.6) is 0 Å². The summed E-state index contributed by atoms with van der Waals surface area (Å²) in [5.74, 6) is 0.0235. The highest BCUT2D eigenvalue weighted by atomic mass is 16.2. The molecule has 2 aromatic rings. The van der Waals surface area contributed by atoms with Gasteiger partial charge < -0.3 is 15.5 Å². The van der Waals surface area contributed by atoms with Gasteiger partial charge >= 0.3 is 0 Å². The Labute approximate surface area is 137 Å². The monoisotopic (exact) mass is 309 g/mol. The van der Waals surface area contributed by atoms with Gasteiger partial charge in [0, 0.05) is 18.8 Å². The molecule has 4 nitrogen and oxygen atoms in total. The van der Waals surface area contributed by atoms with E-state index in [0.717, 1.165) is 47.7 Å². The molecule has 0 aliphatic carbocycles. The predicted molar refractivity (Wildman–Crippen MR) is 96.3 cm³/mol. The predicted octanol–water partition coefficient (Wildman–Crippen LogP) is 3.56. The molecule has 23 heavy (non-hydrogen) atoms. The Morgan fingerprint density at radius 2 is 2.04 bits per heavy atom. The van der Waals surface area contributed by atoms with Gasteiger partial charge in [-0.1, -0.05) is 24.3 Å². The summed E-state index contributed by atoms with van der Waals surface area (Å²) in [6.07, 6.45) is 1.02. The van der Waals surface area contributed by atoms with E-state index in [1.807, 2.05) is 38.1 Å². The third-order valence-electron chi connectivity index (χ3n) is 4.17. The maximum atomic E-state index is 12.5. The van der Waals surface area contributed by atoms with Crippen LogP contribution in [0.2, 0.25) is 0 Å². The van der Waals surface area contributed by atoms with Crippen molar-refractivity contribution >= 4 is 23.0 Å². The molecule has 1 aliphatic rings. The third kappa shape index (κ3) is 3.65. The summed E-state index contributed by atoms with van der Waals surface area (Å²) < 4.78 is 0. The first kappa shape index (κ1) is 15.4. The number of hydrogen-bond donors (Lipinski definition) is 2. The number of carbonyl (C=O) groups is 1. The molecule has 0 spiro atoms. The van der Waals surface area contributed by atoms with E-state index in [4.69, 9.17) is 0 Å². The Hall–Kier alpha value is -2.49. The topological polar surface area (TPSA) is 44.4 Å². The van der Waals surface area contributed by atoms with Crippen LogP contribution in [-0.2, 0) is 4.79 Å². The maximum Gasteiger partial charge on any atom is 0.243 e. The van der Waals surface area contributed by atoms with Crippen LogP contribution in [0.25, 0.3) is 0 Å². The lowest BCUT2D eigenvalue weighted by atomic mass is 10.1. The Balaban J connectivity index is 1.74. The summed E-state index contributed by atoms with van der Waals surface area (Å²) >= 11 is 0. The molecule has 1 heterocycles. The number of nitrogens with one attached hydrogen (secondary N) is 2. The number of fused-ring (bicyclic) bond motifs is 1. The number of aryl methyl sites for hydroxylation is 2. The Morgan fingerprint density at radius 1 is 1.22 bits per heavy atom. The first-order valence-corrected chi connectivity index (χ1v) is 8.08. The molecule has 2 aromatic carbocycles. The average Bonchev–Trinajstić information content (AvgIpc) is 2.74. The minimum Gasteiger partial charge on any atom is -0.383 e. The van der Waals surface area contributed by atoms with Gasteiger partial charge in [-0.15, -0.1) is 0 Å². The molecule has 1 amide bonds. The highest BCUT2D eigenvalue weighted by molar-refractivity contribution is 5.95. The second-order valence-electron chi connectivity index (χ2n) is 6.09. The van der Waals surface area contributed by atoms with Gasteiger partial charge in [0.25, 0.3) is 0 Å². The van der Waals surface area contributed by atoms with E-state index < -0.39 is 0 Å². The quantitative estimate of drug-likeness (QED) is 0.911. The van der Waals surface area contributed by atoms with Gasteiger partial charge in [-0.05, 0) is 49.6 Å². The van der Waals surface area contributed by atoms with Crippen LogP contribution in [0.3, 0.4) is 0 Å². The number of nitrogens with zero attached hydrogens (tertiary/aromatic N) is 1. The van der Waals surface area contributed by atoms with Crippen molar-refractivity contribution in [3.63, 3.8) is 0 Å². The Bertz CT molecular complexity index is 712. The molecule has 0 saturated carbocycles. The summed E-state index contributed by atoms with van der Waals surface area (Å²) in [6.45, 7) is 6.23. The fraction of sp³-hybridized carbons (Fsp3) is 0.316. The highest BCUT2D eigenvalue weighted by Gasteiger charge is 2.17. The molecule has 0 bridgehead atoms. The van der Waals surface area contributed by atoms with Crippen molar-refractivity contribution in [1.82, 2.24) is 0 Å². The smallest absolute Gasteiger partial charge is 0.243 e. The summed E-state index contributed by atoms with van der Waals surface area (Å²) in [5.41, 5.74) is 5.33. The number of benzene rings is 2. The fourth-order valence-corrected chi connectivity index (χ4v) is 2.91. The van der Waals surface area contributed by atoms with Crippen molar-refractivity contribution in [2.24, 2.45) is 0 Å². The van der Waals surface area contributed by atoms with E-state index in [2.05, 4.69) is 33.7 Å². The number of rotatable bonds is 3. The molecule has 0 radical (unpaired) electrons. The van der Waals surface area contributed by atoms with Crippen LogP contribution in [0.15, 0.2) is 42.5 Å². The second-order valence-corrected chi connectivity index (χ2v) is 6.09. The summed E-state index contributed by atoms with van der Waals surface area (Å²) in [5, 5.41) is 6.47. The number of anilines is 3. The second kappa shape index (κ2) is 6.73. The number of amides is 1. The summed E-state index contributed by atoms with van der Waals surface area (Å²) in [7, 11) is 0. The molecule has 1 aliphatic heterocycles. The van der Waals surface area contributed by atoms with E-state index in [1.54, 1.807) is 0 Å². The third-order valence-corrected chi connectivity index (χ3v) is 4.17. The van der Waals surface area contributed by atoms with Crippen molar-refractivity contribution < 1.29 is 4.79 Å². The SMILES string of the molecule is Cc1ccc(C)c(NC(=O)CN2CCCNc3ccccc32)c1. The van der Waals surface area contributed by atoms with Crippen LogP contribution >= 0.6 is 0 Å². The standard InChI is InChI=1S/C19H23N3O/c1-14-8-9-15(2)17(12-14)21-19(23)13-22-11-5-10-20-16-6-3-4-7-18(16)22/h3-4,6-9,12,20H,5,10-11,13H2,1-2H3,(H,21,23). The van der Waals surface area contributed by atoms with E-state index in [0.29, 0.717) is 6.54 Å². The molecule has 120 valence electrons. The first-order chi connectivity index (χ1) is 11.1. The molecule has 3 rings (SSSR count).